The number of hydrogen-bond donors (Lipinski definition) is 2. The number of fused-ring (bicyclic) bond motifs is 2. The molecule has 2 aromatic carbocycles. The maximum atomic E-state index is 12.2. The maximum absolute atomic E-state index is 12.2. The lowest BCUT2D eigenvalue weighted by molar-refractivity contribution is 0.473. The number of aromatic nitrogens is 2. The van der Waals surface area contributed by atoms with Gasteiger partial charge in [-0.3, -0.25) is 4.79 Å². The first kappa shape index (κ1) is 13.3. The van der Waals surface area contributed by atoms with E-state index < -0.39 is 5.63 Å². The molecule has 2 aromatic heterocycles. The van der Waals surface area contributed by atoms with Crippen LogP contribution < -0.4 is 11.2 Å². The molecule has 2 heterocycles. The summed E-state index contributed by atoms with van der Waals surface area (Å²) in [6, 6.07) is 12.9. The zero-order chi connectivity index (χ0) is 16.0. The lowest BCUT2D eigenvalue weighted by Crippen LogP contribution is -2.13. The molecule has 2 N–H and O–H groups in total. The minimum atomic E-state index is -0.637. The van der Waals surface area contributed by atoms with Crippen molar-refractivity contribution >= 4 is 21.9 Å². The Labute approximate surface area is 128 Å². The second kappa shape index (κ2) is 4.81. The fraction of sp³-hybridized carbons (Fsp3) is 0. The Morgan fingerprint density at radius 2 is 1.87 bits per heavy atom. The fourth-order valence-electron chi connectivity index (χ4n) is 2.48. The van der Waals surface area contributed by atoms with Crippen molar-refractivity contribution in [2.24, 2.45) is 0 Å². The molecule has 0 radical (unpaired) electrons. The summed E-state index contributed by atoms with van der Waals surface area (Å²) in [7, 11) is 0. The molecule has 0 atom stereocenters. The first-order chi connectivity index (χ1) is 11.1. The van der Waals surface area contributed by atoms with E-state index in [2.05, 4.69) is 9.97 Å². The van der Waals surface area contributed by atoms with Crippen LogP contribution in [0.2, 0.25) is 0 Å². The number of hydrogen-bond acceptors (Lipinski definition) is 5. The Balaban J connectivity index is 2.02. The molecule has 0 amide bonds. The monoisotopic (exact) mass is 306 g/mol. The molecule has 0 aliphatic carbocycles. The third-order valence-electron chi connectivity index (χ3n) is 3.59. The van der Waals surface area contributed by atoms with Crippen molar-refractivity contribution in [1.82, 2.24) is 9.97 Å². The van der Waals surface area contributed by atoms with Gasteiger partial charge >= 0.3 is 5.63 Å². The topological polar surface area (TPSA) is 96.2 Å². The lowest BCUT2D eigenvalue weighted by Gasteiger charge is -2.04. The third kappa shape index (κ3) is 2.17. The first-order valence-corrected chi connectivity index (χ1v) is 6.88. The molecule has 23 heavy (non-hydrogen) atoms. The highest BCUT2D eigenvalue weighted by atomic mass is 16.4. The van der Waals surface area contributed by atoms with Crippen molar-refractivity contribution in [2.75, 3.05) is 0 Å². The van der Waals surface area contributed by atoms with Crippen LogP contribution >= 0.6 is 0 Å². The SMILES string of the molecule is O=c1oc2cc(O)ccc2cc1-c1nc2ccccc2c(=O)[nH]1. The Bertz CT molecular complexity index is 1170. The number of benzene rings is 2. The van der Waals surface area contributed by atoms with Crippen LogP contribution in [0.4, 0.5) is 0 Å². The van der Waals surface area contributed by atoms with E-state index in [4.69, 9.17) is 4.42 Å². The standard InChI is InChI=1S/C17H10N2O4/c20-10-6-5-9-7-12(17(22)23-14(9)8-10)15-18-13-4-2-1-3-11(13)16(21)19-15/h1-8,20H,(H,18,19,21). The van der Waals surface area contributed by atoms with Gasteiger partial charge in [-0.2, -0.15) is 0 Å². The lowest BCUT2D eigenvalue weighted by atomic mass is 10.1. The summed E-state index contributed by atoms with van der Waals surface area (Å²) in [4.78, 5) is 31.2. The highest BCUT2D eigenvalue weighted by Gasteiger charge is 2.12. The molecule has 0 aliphatic heterocycles. The molecule has 0 spiro atoms. The van der Waals surface area contributed by atoms with Crippen molar-refractivity contribution in [3.8, 4) is 17.1 Å². The van der Waals surface area contributed by atoms with E-state index in [-0.39, 0.29) is 28.3 Å². The van der Waals surface area contributed by atoms with Gasteiger partial charge in [0.1, 0.15) is 22.7 Å². The number of para-hydroxylation sites is 1. The van der Waals surface area contributed by atoms with Crippen molar-refractivity contribution in [3.63, 3.8) is 0 Å². The van der Waals surface area contributed by atoms with Crippen molar-refractivity contribution in [3.05, 3.63) is 69.3 Å². The third-order valence-corrected chi connectivity index (χ3v) is 3.59. The summed E-state index contributed by atoms with van der Waals surface area (Å²) in [5.74, 6) is 0.156. The summed E-state index contributed by atoms with van der Waals surface area (Å²) in [6.45, 7) is 0. The Hall–Kier alpha value is -3.41. The predicted octanol–water partition coefficient (Wildman–Crippen LogP) is 2.40. The Morgan fingerprint density at radius 1 is 1.04 bits per heavy atom. The van der Waals surface area contributed by atoms with Gasteiger partial charge in [0.2, 0.25) is 0 Å². The highest BCUT2D eigenvalue weighted by molar-refractivity contribution is 5.83. The molecular weight excluding hydrogens is 296 g/mol. The van der Waals surface area contributed by atoms with E-state index in [0.717, 1.165) is 0 Å². The molecule has 0 aliphatic rings. The normalized spacial score (nSPS) is 11.1. The molecular formula is C17H10N2O4. The van der Waals surface area contributed by atoms with E-state index in [0.29, 0.717) is 16.3 Å². The fourth-order valence-corrected chi connectivity index (χ4v) is 2.48. The number of H-pyrrole nitrogens is 1. The Kier molecular flexibility index (Phi) is 2.77. The zero-order valence-corrected chi connectivity index (χ0v) is 11.7. The van der Waals surface area contributed by atoms with Crippen LogP contribution in [0.3, 0.4) is 0 Å². The molecule has 0 unspecified atom stereocenters. The van der Waals surface area contributed by atoms with E-state index >= 15 is 0 Å². The number of aromatic hydroxyl groups is 1. The van der Waals surface area contributed by atoms with Crippen molar-refractivity contribution in [1.29, 1.82) is 0 Å². The molecule has 4 rings (SSSR count). The van der Waals surface area contributed by atoms with Crippen LogP contribution in [-0.2, 0) is 0 Å². The molecule has 0 saturated heterocycles. The van der Waals surface area contributed by atoms with Crippen molar-refractivity contribution in [2.45, 2.75) is 0 Å². The van der Waals surface area contributed by atoms with Crippen LogP contribution in [0, 0.1) is 0 Å². The maximum Gasteiger partial charge on any atom is 0.347 e. The van der Waals surface area contributed by atoms with E-state index in [1.165, 1.54) is 12.1 Å². The number of nitrogens with one attached hydrogen (secondary N) is 1. The highest BCUT2D eigenvalue weighted by Crippen LogP contribution is 2.22. The summed E-state index contributed by atoms with van der Waals surface area (Å²) in [5, 5.41) is 10.5. The average Bonchev–Trinajstić information content (AvgIpc) is 2.54. The molecule has 6 heteroatoms. The van der Waals surface area contributed by atoms with Gasteiger partial charge in [0.25, 0.3) is 5.56 Å². The van der Waals surface area contributed by atoms with Gasteiger partial charge in [-0.25, -0.2) is 9.78 Å². The first-order valence-electron chi connectivity index (χ1n) is 6.88. The second-order valence-corrected chi connectivity index (χ2v) is 5.10. The quantitative estimate of drug-likeness (QED) is 0.526. The smallest absolute Gasteiger partial charge is 0.347 e. The predicted molar refractivity (Wildman–Crippen MR) is 85.5 cm³/mol. The summed E-state index contributed by atoms with van der Waals surface area (Å²) in [6.07, 6.45) is 0. The zero-order valence-electron chi connectivity index (χ0n) is 11.7. The van der Waals surface area contributed by atoms with E-state index in [9.17, 15) is 14.7 Å². The number of rotatable bonds is 1. The average molecular weight is 306 g/mol. The Morgan fingerprint density at radius 3 is 2.74 bits per heavy atom. The van der Waals surface area contributed by atoms with Crippen LogP contribution in [-0.4, -0.2) is 15.1 Å². The molecule has 4 aromatic rings. The number of aromatic amines is 1. The minimum absolute atomic E-state index is 0.00522. The van der Waals surface area contributed by atoms with Crippen LogP contribution in [0.5, 0.6) is 5.75 Å². The molecule has 112 valence electrons. The molecule has 0 bridgehead atoms. The van der Waals surface area contributed by atoms with E-state index in [1.54, 1.807) is 36.4 Å². The van der Waals surface area contributed by atoms with Crippen LogP contribution in [0.1, 0.15) is 0 Å². The van der Waals surface area contributed by atoms with Gasteiger partial charge in [-0.15, -0.1) is 0 Å². The summed E-state index contributed by atoms with van der Waals surface area (Å²) >= 11 is 0. The van der Waals surface area contributed by atoms with Gasteiger partial charge < -0.3 is 14.5 Å². The van der Waals surface area contributed by atoms with Gasteiger partial charge in [0.15, 0.2) is 0 Å². The van der Waals surface area contributed by atoms with Crippen LogP contribution in [0.25, 0.3) is 33.3 Å². The number of nitrogens with zero attached hydrogens (tertiary/aromatic N) is 1. The van der Waals surface area contributed by atoms with Gasteiger partial charge in [-0.05, 0) is 30.3 Å². The largest absolute Gasteiger partial charge is 0.508 e. The van der Waals surface area contributed by atoms with Gasteiger partial charge in [0.05, 0.1) is 10.9 Å². The van der Waals surface area contributed by atoms with E-state index in [1.807, 2.05) is 0 Å². The van der Waals surface area contributed by atoms with Gasteiger partial charge in [0, 0.05) is 11.5 Å². The summed E-state index contributed by atoms with van der Waals surface area (Å²) in [5.41, 5.74) is -0.0401. The van der Waals surface area contributed by atoms with Crippen LogP contribution in [0.15, 0.2) is 62.5 Å². The minimum Gasteiger partial charge on any atom is -0.508 e. The molecule has 6 nitrogen and oxygen atoms in total. The molecule has 0 saturated carbocycles. The molecule has 0 fully saturated rings. The summed E-state index contributed by atoms with van der Waals surface area (Å²) < 4.78 is 5.20. The van der Waals surface area contributed by atoms with Crippen molar-refractivity contribution < 1.29 is 9.52 Å². The van der Waals surface area contributed by atoms with Gasteiger partial charge in [-0.1, -0.05) is 12.1 Å². The number of phenols is 1. The number of phenolic OH excluding ortho intramolecular Hbond substituents is 1. The second-order valence-electron chi connectivity index (χ2n) is 5.10.